The van der Waals surface area contributed by atoms with Crippen LogP contribution in [-0.2, 0) is 4.79 Å². The molecule has 0 unspecified atom stereocenters. The number of benzene rings is 2. The van der Waals surface area contributed by atoms with Gasteiger partial charge in [-0.3, -0.25) is 9.69 Å². The molecule has 3 nitrogen and oxygen atoms in total. The van der Waals surface area contributed by atoms with Crippen LogP contribution in [0, 0.1) is 0 Å². The van der Waals surface area contributed by atoms with Crippen molar-refractivity contribution in [2.24, 2.45) is 0 Å². The quantitative estimate of drug-likeness (QED) is 0.784. The smallest absolute Gasteiger partial charge is 0.286 e. The van der Waals surface area contributed by atoms with Gasteiger partial charge in [-0.2, -0.15) is 0 Å². The molecule has 0 radical (unpaired) electrons. The molecule has 4 heteroatoms. The van der Waals surface area contributed by atoms with E-state index in [-0.39, 0.29) is 18.3 Å². The number of halogens is 1. The zero-order valence-electron chi connectivity index (χ0n) is 13.5. The third kappa shape index (κ3) is 3.10. The van der Waals surface area contributed by atoms with Crippen molar-refractivity contribution in [1.29, 1.82) is 0 Å². The summed E-state index contributed by atoms with van der Waals surface area (Å²) in [5, 5.41) is 0. The minimum Gasteiger partial charge on any atom is -1.00 e. The molecule has 2 aliphatic rings. The lowest BCUT2D eigenvalue weighted by atomic mass is 10.1. The number of quaternary nitrogens is 1. The van der Waals surface area contributed by atoms with Crippen molar-refractivity contribution in [3.63, 3.8) is 0 Å². The van der Waals surface area contributed by atoms with Crippen LogP contribution >= 0.6 is 0 Å². The number of carbonyl (C=O) groups is 1. The highest BCUT2D eigenvalue weighted by Gasteiger charge is 2.28. The molecule has 124 valence electrons. The first kappa shape index (κ1) is 16.7. The van der Waals surface area contributed by atoms with Crippen LogP contribution in [0.15, 0.2) is 48.5 Å². The first-order valence-corrected chi connectivity index (χ1v) is 8.35. The Kier molecular flexibility index (Phi) is 5.03. The first-order chi connectivity index (χ1) is 11.3. The number of likely N-dealkylation sites (tertiary alicyclic amines) is 1. The second-order valence-corrected chi connectivity index (χ2v) is 6.31. The highest BCUT2D eigenvalue weighted by atomic mass is 35.5. The predicted molar refractivity (Wildman–Crippen MR) is 93.8 cm³/mol. The van der Waals surface area contributed by atoms with Gasteiger partial charge in [-0.15, -0.1) is 0 Å². The van der Waals surface area contributed by atoms with Gasteiger partial charge in [0, 0.05) is 12.8 Å². The van der Waals surface area contributed by atoms with E-state index in [1.807, 2.05) is 41.3 Å². The van der Waals surface area contributed by atoms with Gasteiger partial charge in [0.15, 0.2) is 6.54 Å². The Balaban J connectivity index is 0.00000169. The fourth-order valence-corrected chi connectivity index (χ4v) is 3.59. The van der Waals surface area contributed by atoms with E-state index < -0.39 is 0 Å². The standard InChI is InChI=1S/C20H20N2O.ClH/c23-20(15-21-13-5-6-14-21)22-18-9-3-1-7-16(18)11-12-17-8-2-4-10-19(17)22;/h1-4,7-12H,5-6,13-15H2;1H. The summed E-state index contributed by atoms with van der Waals surface area (Å²) in [5.41, 5.74) is 4.15. The molecule has 1 saturated heterocycles. The van der Waals surface area contributed by atoms with Crippen LogP contribution < -0.4 is 22.2 Å². The van der Waals surface area contributed by atoms with E-state index >= 15 is 0 Å². The number of rotatable bonds is 2. The Morgan fingerprint density at radius 3 is 1.92 bits per heavy atom. The number of nitrogens with one attached hydrogen (secondary N) is 1. The SMILES string of the molecule is O=C(C[NH+]1CCCC1)N1c2ccccc2C=Cc2ccccc21.[Cl-]. The highest BCUT2D eigenvalue weighted by Crippen LogP contribution is 2.35. The average molecular weight is 341 g/mol. The molecule has 0 aliphatic carbocycles. The fraction of sp³-hybridized carbons (Fsp3) is 0.250. The van der Waals surface area contributed by atoms with Gasteiger partial charge >= 0.3 is 0 Å². The monoisotopic (exact) mass is 340 g/mol. The molecule has 0 spiro atoms. The van der Waals surface area contributed by atoms with Gasteiger partial charge in [0.05, 0.1) is 24.5 Å². The van der Waals surface area contributed by atoms with Gasteiger partial charge in [0.25, 0.3) is 5.91 Å². The molecule has 0 saturated carbocycles. The number of nitrogens with zero attached hydrogens (tertiary/aromatic N) is 1. The average Bonchev–Trinajstić information content (AvgIpc) is 3.02. The molecule has 2 aromatic carbocycles. The number of para-hydroxylation sites is 2. The summed E-state index contributed by atoms with van der Waals surface area (Å²) in [7, 11) is 0. The number of hydrogen-bond donors (Lipinski definition) is 1. The third-order valence-corrected chi connectivity index (χ3v) is 4.76. The molecule has 0 aromatic heterocycles. The van der Waals surface area contributed by atoms with E-state index in [1.54, 1.807) is 0 Å². The van der Waals surface area contributed by atoms with Gasteiger partial charge in [-0.25, -0.2) is 0 Å². The molecule has 4 rings (SSSR count). The van der Waals surface area contributed by atoms with E-state index in [0.717, 1.165) is 35.6 Å². The summed E-state index contributed by atoms with van der Waals surface area (Å²) in [6, 6.07) is 16.3. The summed E-state index contributed by atoms with van der Waals surface area (Å²) < 4.78 is 0. The van der Waals surface area contributed by atoms with Crippen LogP contribution in [0.5, 0.6) is 0 Å². The van der Waals surface area contributed by atoms with E-state index in [1.165, 1.54) is 17.7 Å². The molecule has 2 aliphatic heterocycles. The lowest BCUT2D eigenvalue weighted by Crippen LogP contribution is -3.11. The van der Waals surface area contributed by atoms with E-state index in [2.05, 4.69) is 24.3 Å². The lowest BCUT2D eigenvalue weighted by molar-refractivity contribution is -0.878. The molecule has 24 heavy (non-hydrogen) atoms. The van der Waals surface area contributed by atoms with E-state index in [9.17, 15) is 4.79 Å². The van der Waals surface area contributed by atoms with Crippen molar-refractivity contribution in [2.45, 2.75) is 12.8 Å². The maximum atomic E-state index is 13.1. The second kappa shape index (κ2) is 7.20. The van der Waals surface area contributed by atoms with Crippen molar-refractivity contribution in [3.8, 4) is 0 Å². The van der Waals surface area contributed by atoms with Gasteiger partial charge < -0.3 is 17.3 Å². The molecule has 1 N–H and O–H groups in total. The van der Waals surface area contributed by atoms with Gasteiger partial charge in [0.2, 0.25) is 0 Å². The second-order valence-electron chi connectivity index (χ2n) is 6.31. The minimum atomic E-state index is 0. The Morgan fingerprint density at radius 1 is 0.875 bits per heavy atom. The Labute approximate surface area is 149 Å². The Hall–Kier alpha value is -2.10. The van der Waals surface area contributed by atoms with Gasteiger partial charge in [-0.1, -0.05) is 48.6 Å². The molecular formula is C20H21ClN2O. The summed E-state index contributed by atoms with van der Waals surface area (Å²) in [4.78, 5) is 16.4. The van der Waals surface area contributed by atoms with Crippen molar-refractivity contribution < 1.29 is 22.1 Å². The number of amides is 1. The molecule has 2 aromatic rings. The molecule has 1 fully saturated rings. The fourth-order valence-electron chi connectivity index (χ4n) is 3.59. The van der Waals surface area contributed by atoms with Gasteiger partial charge in [-0.05, 0) is 23.3 Å². The Morgan fingerprint density at radius 2 is 1.38 bits per heavy atom. The summed E-state index contributed by atoms with van der Waals surface area (Å²) in [6.07, 6.45) is 6.67. The summed E-state index contributed by atoms with van der Waals surface area (Å²) in [5.74, 6) is 0.186. The molecule has 2 heterocycles. The zero-order valence-corrected chi connectivity index (χ0v) is 14.3. The molecular weight excluding hydrogens is 320 g/mol. The number of carbonyl (C=O) groups excluding carboxylic acids is 1. The van der Waals surface area contributed by atoms with Crippen molar-refractivity contribution in [1.82, 2.24) is 0 Å². The molecule has 0 bridgehead atoms. The molecule has 1 amide bonds. The van der Waals surface area contributed by atoms with Crippen molar-refractivity contribution in [2.75, 3.05) is 24.5 Å². The normalized spacial score (nSPS) is 16.1. The number of hydrogen-bond acceptors (Lipinski definition) is 1. The van der Waals surface area contributed by atoms with Crippen LogP contribution in [0.25, 0.3) is 12.2 Å². The lowest BCUT2D eigenvalue weighted by Gasteiger charge is -2.25. The third-order valence-electron chi connectivity index (χ3n) is 4.76. The van der Waals surface area contributed by atoms with E-state index in [0.29, 0.717) is 6.54 Å². The minimum absolute atomic E-state index is 0. The summed E-state index contributed by atoms with van der Waals surface area (Å²) >= 11 is 0. The predicted octanol–water partition coefficient (Wildman–Crippen LogP) is -0.482. The summed E-state index contributed by atoms with van der Waals surface area (Å²) in [6.45, 7) is 2.80. The van der Waals surface area contributed by atoms with Crippen LogP contribution in [-0.4, -0.2) is 25.5 Å². The van der Waals surface area contributed by atoms with E-state index in [4.69, 9.17) is 0 Å². The zero-order chi connectivity index (χ0) is 15.6. The largest absolute Gasteiger partial charge is 1.00 e. The van der Waals surface area contributed by atoms with Crippen LogP contribution in [0.2, 0.25) is 0 Å². The maximum absolute atomic E-state index is 13.1. The highest BCUT2D eigenvalue weighted by molar-refractivity contribution is 6.06. The van der Waals surface area contributed by atoms with Crippen LogP contribution in [0.3, 0.4) is 0 Å². The van der Waals surface area contributed by atoms with Crippen LogP contribution in [0.1, 0.15) is 24.0 Å². The Bertz CT molecular complexity index is 716. The van der Waals surface area contributed by atoms with Crippen molar-refractivity contribution >= 4 is 29.4 Å². The van der Waals surface area contributed by atoms with Crippen LogP contribution in [0.4, 0.5) is 11.4 Å². The maximum Gasteiger partial charge on any atom is 0.286 e. The topological polar surface area (TPSA) is 24.8 Å². The first-order valence-electron chi connectivity index (χ1n) is 8.35. The number of anilines is 2. The van der Waals surface area contributed by atoms with Crippen molar-refractivity contribution in [3.05, 3.63) is 59.7 Å². The van der Waals surface area contributed by atoms with Gasteiger partial charge in [0.1, 0.15) is 0 Å². The number of fused-ring (bicyclic) bond motifs is 2. The molecule has 0 atom stereocenters.